The van der Waals surface area contributed by atoms with E-state index in [2.05, 4.69) is 20.3 Å². The SMILES string of the molecule is COc1ccccc1CCC(=O)N1CCC[C@@H]1c1ccc(Nc2cnccn2)cn1. The van der Waals surface area contributed by atoms with E-state index < -0.39 is 0 Å². The van der Waals surface area contributed by atoms with E-state index in [0.29, 0.717) is 18.7 Å². The van der Waals surface area contributed by atoms with Crippen LogP contribution in [0.15, 0.2) is 61.2 Å². The van der Waals surface area contributed by atoms with Crippen molar-refractivity contribution < 1.29 is 9.53 Å². The summed E-state index contributed by atoms with van der Waals surface area (Å²) in [6, 6.07) is 11.8. The Balaban J connectivity index is 1.39. The van der Waals surface area contributed by atoms with Crippen molar-refractivity contribution in [2.45, 2.75) is 31.7 Å². The summed E-state index contributed by atoms with van der Waals surface area (Å²) in [5, 5.41) is 3.18. The minimum Gasteiger partial charge on any atom is -0.496 e. The molecule has 7 heteroatoms. The molecule has 2 aromatic heterocycles. The predicted molar refractivity (Wildman–Crippen MR) is 115 cm³/mol. The molecule has 4 rings (SSSR count). The molecule has 1 atom stereocenters. The summed E-state index contributed by atoms with van der Waals surface area (Å²) in [5.74, 6) is 1.66. The van der Waals surface area contributed by atoms with Crippen LogP contribution in [0.3, 0.4) is 0 Å². The molecule has 0 spiro atoms. The van der Waals surface area contributed by atoms with Crippen LogP contribution in [0.5, 0.6) is 5.75 Å². The normalized spacial score (nSPS) is 15.8. The van der Waals surface area contributed by atoms with E-state index >= 15 is 0 Å². The second kappa shape index (κ2) is 9.35. The van der Waals surface area contributed by atoms with Gasteiger partial charge >= 0.3 is 0 Å². The van der Waals surface area contributed by atoms with E-state index in [9.17, 15) is 4.79 Å². The second-order valence-corrected chi connectivity index (χ2v) is 7.24. The molecule has 0 radical (unpaired) electrons. The monoisotopic (exact) mass is 403 g/mol. The van der Waals surface area contributed by atoms with Crippen LogP contribution in [0.4, 0.5) is 11.5 Å². The molecule has 3 aromatic rings. The molecule has 1 saturated heterocycles. The highest BCUT2D eigenvalue weighted by Gasteiger charge is 2.30. The van der Waals surface area contributed by atoms with Gasteiger partial charge in [-0.2, -0.15) is 0 Å². The van der Waals surface area contributed by atoms with E-state index in [4.69, 9.17) is 4.74 Å². The topological polar surface area (TPSA) is 80.2 Å². The third-order valence-electron chi connectivity index (χ3n) is 5.34. The first-order valence-electron chi connectivity index (χ1n) is 10.1. The predicted octanol–water partition coefficient (Wildman–Crippen LogP) is 3.92. The van der Waals surface area contributed by atoms with Gasteiger partial charge in [0.1, 0.15) is 11.6 Å². The number of amides is 1. The highest BCUT2D eigenvalue weighted by atomic mass is 16.5. The first-order chi connectivity index (χ1) is 14.7. The maximum atomic E-state index is 12.9. The number of anilines is 2. The lowest BCUT2D eigenvalue weighted by Gasteiger charge is -2.24. The largest absolute Gasteiger partial charge is 0.496 e. The first kappa shape index (κ1) is 19.8. The summed E-state index contributed by atoms with van der Waals surface area (Å²) < 4.78 is 5.40. The molecule has 1 N–H and O–H groups in total. The minimum atomic E-state index is 0.0285. The number of pyridine rings is 1. The molecule has 0 unspecified atom stereocenters. The smallest absolute Gasteiger partial charge is 0.223 e. The summed E-state index contributed by atoms with van der Waals surface area (Å²) >= 11 is 0. The Morgan fingerprint density at radius 3 is 2.83 bits per heavy atom. The van der Waals surface area contributed by atoms with Crippen LogP contribution in [0.2, 0.25) is 0 Å². The Hall–Kier alpha value is -3.48. The number of hydrogen-bond donors (Lipinski definition) is 1. The summed E-state index contributed by atoms with van der Waals surface area (Å²) in [6.45, 7) is 0.775. The van der Waals surface area contributed by atoms with Crippen LogP contribution in [0.1, 0.15) is 36.6 Å². The number of carbonyl (C=O) groups excluding carboxylic acids is 1. The highest BCUT2D eigenvalue weighted by Crippen LogP contribution is 2.32. The van der Waals surface area contributed by atoms with Gasteiger partial charge in [0.05, 0.1) is 36.9 Å². The Labute approximate surface area is 176 Å². The Kier molecular flexibility index (Phi) is 6.17. The Morgan fingerprint density at radius 2 is 2.07 bits per heavy atom. The molecule has 1 aliphatic rings. The lowest BCUT2D eigenvalue weighted by atomic mass is 10.1. The fraction of sp³-hybridized carbons (Fsp3) is 0.304. The summed E-state index contributed by atoms with van der Waals surface area (Å²) in [6.07, 6.45) is 9.76. The molecule has 0 saturated carbocycles. The van der Waals surface area contributed by atoms with Crippen LogP contribution in [0, 0.1) is 0 Å². The molecule has 0 aliphatic carbocycles. The van der Waals surface area contributed by atoms with Gasteiger partial charge in [-0.1, -0.05) is 18.2 Å². The maximum Gasteiger partial charge on any atom is 0.223 e. The van der Waals surface area contributed by atoms with Crippen molar-refractivity contribution in [2.75, 3.05) is 19.0 Å². The summed E-state index contributed by atoms with van der Waals surface area (Å²) in [4.78, 5) is 27.8. The number of benzene rings is 1. The van der Waals surface area contributed by atoms with Gasteiger partial charge in [0.2, 0.25) is 5.91 Å². The molecular weight excluding hydrogens is 378 g/mol. The van der Waals surface area contributed by atoms with Gasteiger partial charge in [0.25, 0.3) is 0 Å². The standard InChI is InChI=1S/C23H25N5O2/c1-30-21-7-3-2-5-17(21)8-11-23(29)28-14-4-6-20(28)19-10-9-18(15-26-19)27-22-16-24-12-13-25-22/h2-3,5,7,9-10,12-13,15-16,20H,4,6,8,11,14H2,1H3,(H,25,27)/t20-/m1/s1. The zero-order valence-corrected chi connectivity index (χ0v) is 17.0. The van der Waals surface area contributed by atoms with Crippen LogP contribution in [-0.2, 0) is 11.2 Å². The van der Waals surface area contributed by atoms with Gasteiger partial charge in [-0.05, 0) is 43.0 Å². The maximum absolute atomic E-state index is 12.9. The zero-order chi connectivity index (χ0) is 20.8. The van der Waals surface area contributed by atoms with Gasteiger partial charge in [0.15, 0.2) is 0 Å². The van der Waals surface area contributed by atoms with Crippen molar-refractivity contribution in [1.29, 1.82) is 0 Å². The molecule has 1 aromatic carbocycles. The third kappa shape index (κ3) is 4.56. The van der Waals surface area contributed by atoms with Gasteiger partial charge < -0.3 is 15.0 Å². The van der Waals surface area contributed by atoms with E-state index in [-0.39, 0.29) is 11.9 Å². The minimum absolute atomic E-state index is 0.0285. The van der Waals surface area contributed by atoms with E-state index in [1.807, 2.05) is 41.3 Å². The number of aryl methyl sites for hydroxylation is 1. The van der Waals surface area contributed by atoms with Crippen molar-refractivity contribution in [3.63, 3.8) is 0 Å². The van der Waals surface area contributed by atoms with Gasteiger partial charge in [-0.25, -0.2) is 4.98 Å². The lowest BCUT2D eigenvalue weighted by Crippen LogP contribution is -2.31. The van der Waals surface area contributed by atoms with E-state index in [1.54, 1.807) is 31.9 Å². The molecule has 1 fully saturated rings. The number of nitrogens with one attached hydrogen (secondary N) is 1. The molecule has 30 heavy (non-hydrogen) atoms. The third-order valence-corrected chi connectivity index (χ3v) is 5.34. The van der Waals surface area contributed by atoms with Crippen LogP contribution in [0.25, 0.3) is 0 Å². The second-order valence-electron chi connectivity index (χ2n) is 7.24. The van der Waals surface area contributed by atoms with E-state index in [0.717, 1.165) is 42.1 Å². The first-order valence-corrected chi connectivity index (χ1v) is 10.1. The number of aromatic nitrogens is 3. The number of likely N-dealkylation sites (tertiary alicyclic amines) is 1. The number of para-hydroxylation sites is 1. The van der Waals surface area contributed by atoms with E-state index in [1.165, 1.54) is 0 Å². The summed E-state index contributed by atoms with van der Waals surface area (Å²) in [7, 11) is 1.66. The van der Waals surface area contributed by atoms with Crippen molar-refractivity contribution in [3.8, 4) is 5.75 Å². The quantitative estimate of drug-likeness (QED) is 0.644. The van der Waals surface area contributed by atoms with Gasteiger partial charge in [-0.3, -0.25) is 14.8 Å². The highest BCUT2D eigenvalue weighted by molar-refractivity contribution is 5.77. The average Bonchev–Trinajstić information content (AvgIpc) is 3.29. The number of ether oxygens (including phenoxy) is 1. The van der Waals surface area contributed by atoms with Gasteiger partial charge in [0, 0.05) is 25.4 Å². The Morgan fingerprint density at radius 1 is 1.17 bits per heavy atom. The van der Waals surface area contributed by atoms with Crippen molar-refractivity contribution >= 4 is 17.4 Å². The van der Waals surface area contributed by atoms with Crippen molar-refractivity contribution in [1.82, 2.24) is 19.9 Å². The lowest BCUT2D eigenvalue weighted by molar-refractivity contribution is -0.132. The number of carbonyl (C=O) groups is 1. The number of rotatable bonds is 7. The fourth-order valence-corrected chi connectivity index (χ4v) is 3.86. The van der Waals surface area contributed by atoms with Crippen LogP contribution >= 0.6 is 0 Å². The molecule has 1 amide bonds. The number of methoxy groups -OCH3 is 1. The van der Waals surface area contributed by atoms with Crippen LogP contribution in [-0.4, -0.2) is 39.4 Å². The van der Waals surface area contributed by atoms with Crippen molar-refractivity contribution in [2.24, 2.45) is 0 Å². The molecule has 7 nitrogen and oxygen atoms in total. The molecule has 154 valence electrons. The van der Waals surface area contributed by atoms with Crippen LogP contribution < -0.4 is 10.1 Å². The zero-order valence-electron chi connectivity index (χ0n) is 17.0. The van der Waals surface area contributed by atoms with Gasteiger partial charge in [-0.15, -0.1) is 0 Å². The molecule has 1 aliphatic heterocycles. The molecule has 3 heterocycles. The molecule has 0 bridgehead atoms. The fourth-order valence-electron chi connectivity index (χ4n) is 3.86. The Bertz CT molecular complexity index is 978. The average molecular weight is 403 g/mol. The number of nitrogens with zero attached hydrogens (tertiary/aromatic N) is 4. The van der Waals surface area contributed by atoms with Crippen molar-refractivity contribution in [3.05, 3.63) is 72.4 Å². The number of hydrogen-bond acceptors (Lipinski definition) is 6. The summed E-state index contributed by atoms with van der Waals surface area (Å²) in [5.41, 5.74) is 2.82. The molecular formula is C23H25N5O2.